The molecule has 0 aromatic heterocycles. The van der Waals surface area contributed by atoms with Crippen molar-refractivity contribution in [2.75, 3.05) is 14.2 Å². The minimum Gasteiger partial charge on any atom is -0.508 e. The molecule has 6 heteroatoms. The standard InChI is InChI=1S/C13H14BrNO4/c1-17-11-4-7(3-9(14)13(11)18-2)8-5-12(15)19-6-10(8)16/h3-6,8,16H,15H2,1-2H3. The van der Waals surface area contributed by atoms with Gasteiger partial charge in [-0.25, -0.2) is 0 Å². The highest BCUT2D eigenvalue weighted by molar-refractivity contribution is 9.10. The van der Waals surface area contributed by atoms with Crippen LogP contribution < -0.4 is 15.2 Å². The summed E-state index contributed by atoms with van der Waals surface area (Å²) in [4.78, 5) is 0. The Labute approximate surface area is 119 Å². The number of nitrogens with two attached hydrogens (primary N) is 1. The molecule has 0 bridgehead atoms. The minimum absolute atomic E-state index is 0.0771. The van der Waals surface area contributed by atoms with Crippen molar-refractivity contribution < 1.29 is 19.3 Å². The van der Waals surface area contributed by atoms with Gasteiger partial charge in [-0.2, -0.15) is 0 Å². The number of hydrogen-bond donors (Lipinski definition) is 2. The lowest BCUT2D eigenvalue weighted by Gasteiger charge is -2.20. The molecular formula is C13H14BrNO4. The summed E-state index contributed by atoms with van der Waals surface area (Å²) in [6.45, 7) is 0. The fourth-order valence-corrected chi connectivity index (χ4v) is 2.50. The molecule has 19 heavy (non-hydrogen) atoms. The van der Waals surface area contributed by atoms with Gasteiger partial charge in [-0.1, -0.05) is 0 Å². The Morgan fingerprint density at radius 2 is 2.05 bits per heavy atom. The van der Waals surface area contributed by atoms with Crippen LogP contribution in [0.15, 0.2) is 40.6 Å². The molecule has 0 fully saturated rings. The Hall–Kier alpha value is -1.82. The number of halogens is 1. The van der Waals surface area contributed by atoms with Crippen LogP contribution in [0, 0.1) is 0 Å². The number of rotatable bonds is 3. The van der Waals surface area contributed by atoms with Gasteiger partial charge in [0.25, 0.3) is 0 Å². The lowest BCUT2D eigenvalue weighted by atomic mass is 9.96. The first-order valence-electron chi connectivity index (χ1n) is 5.51. The molecule has 1 atom stereocenters. The highest BCUT2D eigenvalue weighted by Gasteiger charge is 2.22. The maximum atomic E-state index is 9.87. The third-order valence-corrected chi connectivity index (χ3v) is 3.37. The molecule has 0 spiro atoms. The second-order valence-corrected chi connectivity index (χ2v) is 4.80. The van der Waals surface area contributed by atoms with Gasteiger partial charge >= 0.3 is 0 Å². The molecular weight excluding hydrogens is 314 g/mol. The molecule has 1 aliphatic rings. The van der Waals surface area contributed by atoms with Crippen molar-refractivity contribution in [1.29, 1.82) is 0 Å². The monoisotopic (exact) mass is 327 g/mol. The van der Waals surface area contributed by atoms with E-state index in [4.69, 9.17) is 19.9 Å². The van der Waals surface area contributed by atoms with Gasteiger partial charge in [0.1, 0.15) is 12.0 Å². The number of benzene rings is 1. The van der Waals surface area contributed by atoms with E-state index >= 15 is 0 Å². The fraction of sp³-hybridized carbons (Fsp3) is 0.231. The van der Waals surface area contributed by atoms with E-state index in [0.29, 0.717) is 11.5 Å². The second kappa shape index (κ2) is 5.44. The number of methoxy groups -OCH3 is 2. The van der Waals surface area contributed by atoms with E-state index in [1.165, 1.54) is 6.26 Å². The summed E-state index contributed by atoms with van der Waals surface area (Å²) in [7, 11) is 3.12. The number of aliphatic hydroxyl groups is 1. The Kier molecular flexibility index (Phi) is 3.90. The van der Waals surface area contributed by atoms with Crippen LogP contribution in [0.5, 0.6) is 11.5 Å². The van der Waals surface area contributed by atoms with E-state index in [0.717, 1.165) is 10.0 Å². The van der Waals surface area contributed by atoms with Crippen molar-refractivity contribution in [3.8, 4) is 11.5 Å². The van der Waals surface area contributed by atoms with E-state index < -0.39 is 0 Å². The number of ether oxygens (including phenoxy) is 3. The summed E-state index contributed by atoms with van der Waals surface area (Å²) in [5.41, 5.74) is 6.41. The molecule has 0 saturated heterocycles. The number of hydrogen-bond acceptors (Lipinski definition) is 5. The maximum Gasteiger partial charge on any atom is 0.187 e. The summed E-state index contributed by atoms with van der Waals surface area (Å²) >= 11 is 3.41. The summed E-state index contributed by atoms with van der Waals surface area (Å²) in [6.07, 6.45) is 2.85. The van der Waals surface area contributed by atoms with Crippen molar-refractivity contribution in [2.24, 2.45) is 5.73 Å². The molecule has 1 aromatic carbocycles. The average Bonchev–Trinajstić information content (AvgIpc) is 2.40. The topological polar surface area (TPSA) is 73.9 Å². The molecule has 0 aliphatic carbocycles. The van der Waals surface area contributed by atoms with Crippen LogP contribution in [0.4, 0.5) is 0 Å². The summed E-state index contributed by atoms with van der Waals surface area (Å²) in [5.74, 6) is 1.11. The first-order valence-corrected chi connectivity index (χ1v) is 6.30. The Balaban J connectivity index is 2.48. The molecule has 102 valence electrons. The van der Waals surface area contributed by atoms with Crippen molar-refractivity contribution in [3.05, 3.63) is 46.1 Å². The number of allylic oxidation sites excluding steroid dienone is 1. The highest BCUT2D eigenvalue weighted by atomic mass is 79.9. The second-order valence-electron chi connectivity index (χ2n) is 3.95. The SMILES string of the molecule is COc1cc(C2C=C(N)OC=C2O)cc(Br)c1OC. The minimum atomic E-state index is -0.371. The van der Waals surface area contributed by atoms with E-state index in [2.05, 4.69) is 15.9 Å². The van der Waals surface area contributed by atoms with Crippen LogP contribution in [0.25, 0.3) is 0 Å². The van der Waals surface area contributed by atoms with Crippen molar-refractivity contribution in [3.63, 3.8) is 0 Å². The van der Waals surface area contributed by atoms with E-state index in [1.54, 1.807) is 26.4 Å². The first kappa shape index (κ1) is 13.6. The zero-order valence-electron chi connectivity index (χ0n) is 10.5. The normalized spacial score (nSPS) is 18.2. The lowest BCUT2D eigenvalue weighted by Crippen LogP contribution is -2.11. The van der Waals surface area contributed by atoms with Gasteiger partial charge in [0.15, 0.2) is 17.4 Å². The van der Waals surface area contributed by atoms with E-state index in [-0.39, 0.29) is 17.6 Å². The Morgan fingerprint density at radius 3 is 2.68 bits per heavy atom. The van der Waals surface area contributed by atoms with Crippen LogP contribution in [0.3, 0.4) is 0 Å². The third kappa shape index (κ3) is 2.63. The molecule has 1 unspecified atom stereocenters. The van der Waals surface area contributed by atoms with Crippen LogP contribution in [0.2, 0.25) is 0 Å². The highest BCUT2D eigenvalue weighted by Crippen LogP contribution is 2.40. The largest absolute Gasteiger partial charge is 0.508 e. The zero-order chi connectivity index (χ0) is 14.0. The number of aliphatic hydroxyl groups excluding tert-OH is 1. The Morgan fingerprint density at radius 1 is 1.32 bits per heavy atom. The molecule has 1 aliphatic heterocycles. The van der Waals surface area contributed by atoms with Gasteiger partial charge in [-0.3, -0.25) is 0 Å². The summed E-state index contributed by atoms with van der Waals surface area (Å²) in [6, 6.07) is 3.62. The van der Waals surface area contributed by atoms with Crippen molar-refractivity contribution in [2.45, 2.75) is 5.92 Å². The van der Waals surface area contributed by atoms with Crippen LogP contribution >= 0.6 is 15.9 Å². The first-order chi connectivity index (χ1) is 9.06. The van der Waals surface area contributed by atoms with Crippen LogP contribution in [-0.2, 0) is 4.74 Å². The molecule has 3 N–H and O–H groups in total. The van der Waals surface area contributed by atoms with Gasteiger partial charge in [-0.05, 0) is 39.7 Å². The molecule has 1 heterocycles. The van der Waals surface area contributed by atoms with Crippen LogP contribution in [0.1, 0.15) is 11.5 Å². The molecule has 2 rings (SSSR count). The van der Waals surface area contributed by atoms with Gasteiger partial charge in [0.05, 0.1) is 24.6 Å². The Bertz CT molecular complexity index is 554. The molecule has 0 saturated carbocycles. The van der Waals surface area contributed by atoms with Crippen molar-refractivity contribution >= 4 is 15.9 Å². The van der Waals surface area contributed by atoms with Gasteiger partial charge in [0.2, 0.25) is 0 Å². The predicted molar refractivity (Wildman–Crippen MR) is 74.1 cm³/mol. The van der Waals surface area contributed by atoms with Gasteiger partial charge < -0.3 is 25.1 Å². The molecule has 0 amide bonds. The third-order valence-electron chi connectivity index (χ3n) is 2.78. The van der Waals surface area contributed by atoms with E-state index in [9.17, 15) is 5.11 Å². The maximum absolute atomic E-state index is 9.87. The fourth-order valence-electron chi connectivity index (χ4n) is 1.88. The zero-order valence-corrected chi connectivity index (χ0v) is 12.1. The smallest absolute Gasteiger partial charge is 0.187 e. The van der Waals surface area contributed by atoms with Crippen molar-refractivity contribution in [1.82, 2.24) is 0 Å². The average molecular weight is 328 g/mol. The van der Waals surface area contributed by atoms with Gasteiger partial charge in [-0.15, -0.1) is 0 Å². The molecule has 5 nitrogen and oxygen atoms in total. The molecule has 0 radical (unpaired) electrons. The van der Waals surface area contributed by atoms with E-state index in [1.807, 2.05) is 6.07 Å². The van der Waals surface area contributed by atoms with Gasteiger partial charge in [0, 0.05) is 0 Å². The summed E-state index contributed by atoms with van der Waals surface area (Å²) in [5, 5.41) is 9.87. The van der Waals surface area contributed by atoms with Crippen LogP contribution in [-0.4, -0.2) is 19.3 Å². The lowest BCUT2D eigenvalue weighted by molar-refractivity contribution is 0.273. The summed E-state index contributed by atoms with van der Waals surface area (Å²) < 4.78 is 16.2. The molecule has 1 aromatic rings. The quantitative estimate of drug-likeness (QED) is 0.892. The predicted octanol–water partition coefficient (Wildman–Crippen LogP) is 2.78.